The number of nitro benzene ring substituents is 1. The SMILES string of the molecule is CN(C)CCNC(=O)C(=O)c1c[nH]c2ccc([N+](=O)[O-])cc12. The van der Waals surface area contributed by atoms with Gasteiger partial charge in [0.15, 0.2) is 0 Å². The fourth-order valence-corrected chi connectivity index (χ4v) is 2.01. The number of ketones is 1. The largest absolute Gasteiger partial charge is 0.360 e. The zero-order valence-electron chi connectivity index (χ0n) is 12.3. The van der Waals surface area contributed by atoms with Crippen molar-refractivity contribution in [3.63, 3.8) is 0 Å². The molecule has 22 heavy (non-hydrogen) atoms. The van der Waals surface area contributed by atoms with Crippen molar-refractivity contribution >= 4 is 28.3 Å². The maximum absolute atomic E-state index is 12.2. The zero-order valence-corrected chi connectivity index (χ0v) is 12.3. The van der Waals surface area contributed by atoms with Gasteiger partial charge in [0.05, 0.1) is 10.5 Å². The van der Waals surface area contributed by atoms with Crippen molar-refractivity contribution in [3.05, 3.63) is 40.1 Å². The number of nitro groups is 1. The topological polar surface area (TPSA) is 108 Å². The molecule has 116 valence electrons. The lowest BCUT2D eigenvalue weighted by molar-refractivity contribution is -0.384. The lowest BCUT2D eigenvalue weighted by Crippen LogP contribution is -2.35. The summed E-state index contributed by atoms with van der Waals surface area (Å²) in [7, 11) is 3.71. The number of benzene rings is 1. The number of non-ortho nitro benzene ring substituents is 1. The summed E-state index contributed by atoms with van der Waals surface area (Å²) in [5.74, 6) is -1.44. The van der Waals surface area contributed by atoms with Gasteiger partial charge >= 0.3 is 0 Å². The molecule has 0 fully saturated rings. The molecule has 8 nitrogen and oxygen atoms in total. The van der Waals surface area contributed by atoms with Crippen LogP contribution in [0.4, 0.5) is 5.69 Å². The van der Waals surface area contributed by atoms with Gasteiger partial charge in [-0.1, -0.05) is 0 Å². The Morgan fingerprint density at radius 2 is 2.09 bits per heavy atom. The molecule has 0 saturated carbocycles. The van der Waals surface area contributed by atoms with Crippen molar-refractivity contribution in [2.75, 3.05) is 27.2 Å². The Bertz CT molecular complexity index is 736. The van der Waals surface area contributed by atoms with Crippen molar-refractivity contribution < 1.29 is 14.5 Å². The number of rotatable bonds is 6. The summed E-state index contributed by atoms with van der Waals surface area (Å²) in [5, 5.41) is 13.7. The first kappa shape index (κ1) is 15.6. The van der Waals surface area contributed by atoms with E-state index in [1.165, 1.54) is 24.4 Å². The van der Waals surface area contributed by atoms with E-state index < -0.39 is 16.6 Å². The van der Waals surface area contributed by atoms with E-state index in [1.807, 2.05) is 19.0 Å². The van der Waals surface area contributed by atoms with E-state index in [0.29, 0.717) is 24.0 Å². The highest BCUT2D eigenvalue weighted by Crippen LogP contribution is 2.23. The third-order valence-electron chi connectivity index (χ3n) is 3.17. The quantitative estimate of drug-likeness (QED) is 0.357. The number of carbonyl (C=O) groups is 2. The van der Waals surface area contributed by atoms with Gasteiger partial charge in [-0.15, -0.1) is 0 Å². The van der Waals surface area contributed by atoms with Crippen LogP contribution in [0.25, 0.3) is 10.9 Å². The van der Waals surface area contributed by atoms with Crippen LogP contribution < -0.4 is 5.32 Å². The Balaban J connectivity index is 2.22. The van der Waals surface area contributed by atoms with Gasteiger partial charge in [0, 0.05) is 42.3 Å². The number of nitrogens with one attached hydrogen (secondary N) is 2. The van der Waals surface area contributed by atoms with Gasteiger partial charge in [-0.05, 0) is 20.2 Å². The molecule has 0 aliphatic heterocycles. The molecule has 8 heteroatoms. The third-order valence-corrected chi connectivity index (χ3v) is 3.17. The summed E-state index contributed by atoms with van der Waals surface area (Å²) in [5.41, 5.74) is 0.560. The van der Waals surface area contributed by atoms with E-state index in [4.69, 9.17) is 0 Å². The molecular formula is C14H16N4O4. The lowest BCUT2D eigenvalue weighted by atomic mass is 10.1. The lowest BCUT2D eigenvalue weighted by Gasteiger charge is -2.09. The number of nitrogens with zero attached hydrogens (tertiary/aromatic N) is 2. The van der Waals surface area contributed by atoms with Gasteiger partial charge in [0.1, 0.15) is 0 Å². The molecule has 1 heterocycles. The minimum Gasteiger partial charge on any atom is -0.360 e. The summed E-state index contributed by atoms with van der Waals surface area (Å²) in [6.07, 6.45) is 1.39. The fraction of sp³-hybridized carbons (Fsp3) is 0.286. The van der Waals surface area contributed by atoms with Gasteiger partial charge < -0.3 is 15.2 Å². The van der Waals surface area contributed by atoms with Crippen molar-refractivity contribution in [2.24, 2.45) is 0 Å². The Hall–Kier alpha value is -2.74. The Kier molecular flexibility index (Phi) is 4.52. The first-order chi connectivity index (χ1) is 10.4. The second-order valence-electron chi connectivity index (χ2n) is 5.08. The van der Waals surface area contributed by atoms with Crippen LogP contribution in [0.1, 0.15) is 10.4 Å². The van der Waals surface area contributed by atoms with Gasteiger partial charge in [-0.3, -0.25) is 19.7 Å². The van der Waals surface area contributed by atoms with Crippen LogP contribution in [0.3, 0.4) is 0 Å². The maximum atomic E-state index is 12.2. The molecule has 0 unspecified atom stereocenters. The highest BCUT2D eigenvalue weighted by molar-refractivity contribution is 6.45. The molecule has 0 saturated heterocycles. The highest BCUT2D eigenvalue weighted by Gasteiger charge is 2.21. The number of aromatic amines is 1. The Morgan fingerprint density at radius 1 is 1.36 bits per heavy atom. The van der Waals surface area contributed by atoms with Gasteiger partial charge in [0.25, 0.3) is 17.4 Å². The molecule has 2 rings (SSSR count). The summed E-state index contributed by atoms with van der Waals surface area (Å²) >= 11 is 0. The van der Waals surface area contributed by atoms with Crippen LogP contribution in [0.2, 0.25) is 0 Å². The molecule has 1 aromatic heterocycles. The molecule has 2 N–H and O–H groups in total. The minimum atomic E-state index is -0.728. The van der Waals surface area contributed by atoms with Crippen molar-refractivity contribution in [2.45, 2.75) is 0 Å². The molecule has 1 amide bonds. The third kappa shape index (κ3) is 3.29. The van der Waals surface area contributed by atoms with Gasteiger partial charge in [-0.2, -0.15) is 0 Å². The van der Waals surface area contributed by atoms with Gasteiger partial charge in [-0.25, -0.2) is 0 Å². The van der Waals surface area contributed by atoms with E-state index in [9.17, 15) is 19.7 Å². The molecule has 0 aliphatic rings. The number of Topliss-reactive ketones (excluding diaryl/α,β-unsaturated/α-hetero) is 1. The van der Waals surface area contributed by atoms with Crippen LogP contribution in [0.15, 0.2) is 24.4 Å². The van der Waals surface area contributed by atoms with E-state index in [1.54, 1.807) is 0 Å². The predicted octanol–water partition coefficient (Wildman–Crippen LogP) is 0.937. The minimum absolute atomic E-state index is 0.126. The first-order valence-corrected chi connectivity index (χ1v) is 6.63. The van der Waals surface area contributed by atoms with Crippen LogP contribution >= 0.6 is 0 Å². The molecule has 2 aromatic rings. The van der Waals surface area contributed by atoms with Crippen molar-refractivity contribution in [3.8, 4) is 0 Å². The second-order valence-corrected chi connectivity index (χ2v) is 5.08. The van der Waals surface area contributed by atoms with Crippen molar-refractivity contribution in [1.82, 2.24) is 15.2 Å². The summed E-state index contributed by atoms with van der Waals surface area (Å²) in [6, 6.07) is 4.13. The smallest absolute Gasteiger partial charge is 0.292 e. The molecular weight excluding hydrogens is 288 g/mol. The van der Waals surface area contributed by atoms with Crippen LogP contribution in [-0.4, -0.2) is 53.7 Å². The molecule has 0 atom stereocenters. The predicted molar refractivity (Wildman–Crippen MR) is 80.8 cm³/mol. The summed E-state index contributed by atoms with van der Waals surface area (Å²) in [4.78, 5) is 39.0. The molecule has 1 aromatic carbocycles. The molecule has 0 radical (unpaired) electrons. The standard InChI is InChI=1S/C14H16N4O4/c1-17(2)6-5-15-14(20)13(19)11-8-16-12-4-3-9(18(21)22)7-10(11)12/h3-4,7-8,16H,5-6H2,1-2H3,(H,15,20). The first-order valence-electron chi connectivity index (χ1n) is 6.63. The fourth-order valence-electron chi connectivity index (χ4n) is 2.01. The highest BCUT2D eigenvalue weighted by atomic mass is 16.6. The number of carbonyl (C=O) groups excluding carboxylic acids is 2. The number of fused-ring (bicyclic) bond motifs is 1. The average Bonchev–Trinajstić information content (AvgIpc) is 2.88. The summed E-state index contributed by atoms with van der Waals surface area (Å²) < 4.78 is 0. The molecule has 0 bridgehead atoms. The van der Waals surface area contributed by atoms with E-state index in [2.05, 4.69) is 10.3 Å². The van der Waals surface area contributed by atoms with Crippen LogP contribution in [0, 0.1) is 10.1 Å². The Morgan fingerprint density at radius 3 is 2.73 bits per heavy atom. The zero-order chi connectivity index (χ0) is 16.3. The normalized spacial score (nSPS) is 10.9. The number of hydrogen-bond acceptors (Lipinski definition) is 5. The van der Waals surface area contributed by atoms with E-state index in [-0.39, 0.29) is 11.3 Å². The van der Waals surface area contributed by atoms with Gasteiger partial charge in [0.2, 0.25) is 0 Å². The number of amides is 1. The number of likely N-dealkylation sites (N-methyl/N-ethyl adjacent to an activating group) is 1. The summed E-state index contributed by atoms with van der Waals surface area (Å²) in [6.45, 7) is 0.957. The molecule has 0 aliphatic carbocycles. The number of hydrogen-bond donors (Lipinski definition) is 2. The maximum Gasteiger partial charge on any atom is 0.292 e. The number of aromatic nitrogens is 1. The Labute approximate surface area is 126 Å². The van der Waals surface area contributed by atoms with Crippen LogP contribution in [0.5, 0.6) is 0 Å². The monoisotopic (exact) mass is 304 g/mol. The molecule has 0 spiro atoms. The van der Waals surface area contributed by atoms with E-state index >= 15 is 0 Å². The van der Waals surface area contributed by atoms with E-state index in [0.717, 1.165) is 0 Å². The van der Waals surface area contributed by atoms with Crippen LogP contribution in [-0.2, 0) is 4.79 Å². The van der Waals surface area contributed by atoms with Crippen molar-refractivity contribution in [1.29, 1.82) is 0 Å². The number of H-pyrrole nitrogens is 1. The average molecular weight is 304 g/mol. The second kappa shape index (κ2) is 6.35.